The van der Waals surface area contributed by atoms with Crippen LogP contribution >= 0.6 is 0 Å². The first-order valence-corrected chi connectivity index (χ1v) is 21.7. The van der Waals surface area contributed by atoms with Crippen LogP contribution < -0.4 is 10.6 Å². The van der Waals surface area contributed by atoms with E-state index in [0.29, 0.717) is 22.7 Å². The van der Waals surface area contributed by atoms with Crippen LogP contribution in [-0.2, 0) is 0 Å². The van der Waals surface area contributed by atoms with Gasteiger partial charge in [-0.25, -0.2) is 9.59 Å². The molecule has 0 spiro atoms. The minimum atomic E-state index is -0.0677. The molecule has 2 fully saturated rings. The summed E-state index contributed by atoms with van der Waals surface area (Å²) < 4.78 is 0. The van der Waals surface area contributed by atoms with Crippen molar-refractivity contribution in [3.8, 4) is 0 Å². The molecule has 0 atom stereocenters. The highest BCUT2D eigenvalue weighted by Gasteiger charge is 2.27. The number of urea groups is 2. The highest BCUT2D eigenvalue weighted by Crippen LogP contribution is 2.36. The number of aromatic amines is 2. The van der Waals surface area contributed by atoms with Crippen molar-refractivity contribution in [2.45, 2.75) is 119 Å². The lowest BCUT2D eigenvalue weighted by Gasteiger charge is -2.36. The van der Waals surface area contributed by atoms with E-state index in [1.165, 1.54) is 47.6 Å². The van der Waals surface area contributed by atoms with Gasteiger partial charge in [0.15, 0.2) is 0 Å². The van der Waals surface area contributed by atoms with E-state index in [4.69, 9.17) is 0 Å². The number of hydrogen-bond acceptors (Lipinski definition) is 4. The standard InChI is InChI=1S/C24H38N4O.C23H36N4O/c1-6-12-28(7-2)23(29)26-19-8-9-22-20(15-19)21(16-25-22)18-10-13-27(14-11-18)17-24(3,4)5;1-16(2)26(6)22(28)25-18-7-8-21-19(13-18)20(14-24-21)17-9-11-27(12-10-17)15-23(3,4)5/h8-9,15-16,18,25H,6-7,10-14,17H2,1-5H3,(H,26,29);7-8,13-14,16-17,24H,9-12,15H2,1-6H3,(H,25,28). The predicted molar refractivity (Wildman–Crippen MR) is 241 cm³/mol. The molecule has 2 saturated heterocycles. The molecule has 2 aromatic carbocycles. The number of fused-ring (bicyclic) bond motifs is 2. The summed E-state index contributed by atoms with van der Waals surface area (Å²) in [7, 11) is 1.83. The molecule has 6 rings (SSSR count). The topological polar surface area (TPSA) is 103 Å². The van der Waals surface area contributed by atoms with Gasteiger partial charge in [-0.2, -0.15) is 0 Å². The summed E-state index contributed by atoms with van der Waals surface area (Å²) in [5.41, 5.74) is 7.51. The number of likely N-dealkylation sites (tertiary alicyclic amines) is 2. The molecule has 314 valence electrons. The Morgan fingerprint density at radius 2 is 1.14 bits per heavy atom. The molecule has 57 heavy (non-hydrogen) atoms. The van der Waals surface area contributed by atoms with Crippen molar-refractivity contribution < 1.29 is 9.59 Å². The lowest BCUT2D eigenvalue weighted by molar-refractivity contribution is 0.154. The lowest BCUT2D eigenvalue weighted by Crippen LogP contribution is -2.38. The quantitative estimate of drug-likeness (QED) is 0.129. The second kappa shape index (κ2) is 19.2. The van der Waals surface area contributed by atoms with E-state index in [0.717, 1.165) is 81.2 Å². The number of carbonyl (C=O) groups excluding carboxylic acids is 2. The van der Waals surface area contributed by atoms with E-state index in [1.54, 1.807) is 4.90 Å². The van der Waals surface area contributed by atoms with Crippen LogP contribution in [0.15, 0.2) is 48.8 Å². The highest BCUT2D eigenvalue weighted by molar-refractivity contribution is 5.95. The second-order valence-corrected chi connectivity index (χ2v) is 19.4. The van der Waals surface area contributed by atoms with Gasteiger partial charge in [0.05, 0.1) is 0 Å². The molecule has 10 heteroatoms. The number of nitrogens with zero attached hydrogens (tertiary/aromatic N) is 4. The Morgan fingerprint density at radius 1 is 0.719 bits per heavy atom. The molecule has 4 N–H and O–H groups in total. The number of H-pyrrole nitrogens is 2. The van der Waals surface area contributed by atoms with E-state index in [2.05, 4.69) is 116 Å². The van der Waals surface area contributed by atoms with Crippen molar-refractivity contribution in [2.24, 2.45) is 10.8 Å². The summed E-state index contributed by atoms with van der Waals surface area (Å²) in [6.07, 6.45) is 10.1. The second-order valence-electron chi connectivity index (χ2n) is 19.4. The Bertz CT molecular complexity index is 1900. The fraction of sp³-hybridized carbons (Fsp3) is 0.617. The van der Waals surface area contributed by atoms with Gasteiger partial charge in [-0.05, 0) is 149 Å². The van der Waals surface area contributed by atoms with Crippen molar-refractivity contribution >= 4 is 45.2 Å². The first kappa shape index (κ1) is 44.1. The molecule has 0 bridgehead atoms. The molecular weight excluding hydrogens is 709 g/mol. The van der Waals surface area contributed by atoms with Gasteiger partial charge in [-0.3, -0.25) is 0 Å². The van der Waals surface area contributed by atoms with Gasteiger partial charge < -0.3 is 40.2 Å². The zero-order valence-electron chi connectivity index (χ0n) is 37.1. The average Bonchev–Trinajstić information content (AvgIpc) is 3.77. The van der Waals surface area contributed by atoms with Gasteiger partial charge in [0.25, 0.3) is 0 Å². The summed E-state index contributed by atoms with van der Waals surface area (Å²) in [6.45, 7) is 30.5. The Morgan fingerprint density at radius 3 is 1.51 bits per heavy atom. The monoisotopic (exact) mass is 783 g/mol. The summed E-state index contributed by atoms with van der Waals surface area (Å²) in [5.74, 6) is 1.16. The average molecular weight is 783 g/mol. The maximum atomic E-state index is 12.5. The number of rotatable bonds is 10. The minimum absolute atomic E-state index is 0.0127. The summed E-state index contributed by atoms with van der Waals surface area (Å²) in [5, 5.41) is 8.60. The normalized spacial score (nSPS) is 16.5. The van der Waals surface area contributed by atoms with Crippen LogP contribution in [0.5, 0.6) is 0 Å². The third kappa shape index (κ3) is 12.2. The van der Waals surface area contributed by atoms with Crippen molar-refractivity contribution in [2.75, 3.05) is 70.0 Å². The molecule has 4 aromatic rings. The third-order valence-electron chi connectivity index (χ3n) is 11.6. The third-order valence-corrected chi connectivity index (χ3v) is 11.6. The highest BCUT2D eigenvalue weighted by atomic mass is 16.2. The SMILES string of the molecule is CC(C)N(C)C(=O)Nc1ccc2[nH]cc(C3CCN(CC(C)(C)C)CC3)c2c1.CCCN(CC)C(=O)Nc1ccc2[nH]cc(C3CCN(CC(C)(C)C)CC3)c2c1. The molecule has 4 heterocycles. The van der Waals surface area contributed by atoms with Crippen molar-refractivity contribution in [3.63, 3.8) is 0 Å². The van der Waals surface area contributed by atoms with Gasteiger partial charge in [-0.1, -0.05) is 48.5 Å². The fourth-order valence-electron chi connectivity index (χ4n) is 8.58. The summed E-state index contributed by atoms with van der Waals surface area (Å²) >= 11 is 0. The molecule has 0 saturated carbocycles. The zero-order valence-corrected chi connectivity index (χ0v) is 37.1. The first-order valence-electron chi connectivity index (χ1n) is 21.7. The van der Waals surface area contributed by atoms with Crippen LogP contribution in [-0.4, -0.2) is 107 Å². The Kier molecular flexibility index (Phi) is 14.8. The zero-order chi connectivity index (χ0) is 41.5. The molecule has 2 aliphatic rings. The van der Waals surface area contributed by atoms with E-state index in [9.17, 15) is 9.59 Å². The number of hydrogen-bond donors (Lipinski definition) is 4. The molecule has 0 aliphatic carbocycles. The summed E-state index contributed by atoms with van der Waals surface area (Å²) in [4.78, 5) is 40.5. The number of aromatic nitrogens is 2. The number of piperidine rings is 2. The van der Waals surface area contributed by atoms with Gasteiger partial charge >= 0.3 is 12.1 Å². The number of anilines is 2. The van der Waals surface area contributed by atoms with Gasteiger partial charge in [0, 0.05) is 84.8 Å². The number of nitrogens with one attached hydrogen (secondary N) is 4. The van der Waals surface area contributed by atoms with E-state index in [1.807, 2.05) is 44.9 Å². The van der Waals surface area contributed by atoms with Gasteiger partial charge in [0.2, 0.25) is 0 Å². The van der Waals surface area contributed by atoms with Crippen molar-refractivity contribution in [1.82, 2.24) is 29.6 Å². The fourth-order valence-corrected chi connectivity index (χ4v) is 8.58. The molecular formula is C47H74N8O2. The molecule has 0 radical (unpaired) electrons. The van der Waals surface area contributed by atoms with Crippen molar-refractivity contribution in [3.05, 3.63) is 59.9 Å². The van der Waals surface area contributed by atoms with Crippen molar-refractivity contribution in [1.29, 1.82) is 0 Å². The van der Waals surface area contributed by atoms with Crippen LogP contribution in [0.3, 0.4) is 0 Å². The van der Waals surface area contributed by atoms with E-state index in [-0.39, 0.29) is 18.1 Å². The van der Waals surface area contributed by atoms with E-state index < -0.39 is 0 Å². The largest absolute Gasteiger partial charge is 0.361 e. The Balaban J connectivity index is 0.000000218. The van der Waals surface area contributed by atoms with Crippen LogP contribution in [0.4, 0.5) is 21.0 Å². The number of carbonyl (C=O) groups is 2. The molecule has 0 unspecified atom stereocenters. The van der Waals surface area contributed by atoms with Crippen LogP contribution in [0.2, 0.25) is 0 Å². The molecule has 2 aliphatic heterocycles. The molecule has 2 aromatic heterocycles. The molecule has 4 amide bonds. The molecule has 10 nitrogen and oxygen atoms in total. The van der Waals surface area contributed by atoms with Crippen LogP contribution in [0.1, 0.15) is 124 Å². The lowest BCUT2D eigenvalue weighted by atomic mass is 9.87. The minimum Gasteiger partial charge on any atom is -0.361 e. The Hall–Kier alpha value is -4.02. The first-order chi connectivity index (χ1) is 26.9. The smallest absolute Gasteiger partial charge is 0.321 e. The Labute approximate surface area is 343 Å². The number of benzene rings is 2. The summed E-state index contributed by atoms with van der Waals surface area (Å²) in [6, 6.07) is 12.5. The van der Waals surface area contributed by atoms with E-state index >= 15 is 0 Å². The van der Waals surface area contributed by atoms with Gasteiger partial charge in [-0.15, -0.1) is 0 Å². The maximum absolute atomic E-state index is 12.5. The number of amides is 4. The maximum Gasteiger partial charge on any atom is 0.321 e. The van der Waals surface area contributed by atoms with Gasteiger partial charge in [0.1, 0.15) is 0 Å². The van der Waals surface area contributed by atoms with Crippen LogP contribution in [0.25, 0.3) is 21.8 Å². The predicted octanol–water partition coefficient (Wildman–Crippen LogP) is 10.9. The van der Waals surface area contributed by atoms with Crippen LogP contribution in [0, 0.1) is 10.8 Å².